The lowest BCUT2D eigenvalue weighted by Crippen LogP contribution is -2.12. The zero-order valence-corrected chi connectivity index (χ0v) is 14.6. The molecule has 4 nitrogen and oxygen atoms in total. The summed E-state index contributed by atoms with van der Waals surface area (Å²) < 4.78 is 23.1. The van der Waals surface area contributed by atoms with E-state index in [0.717, 1.165) is 8.95 Å². The molecule has 0 spiro atoms. The van der Waals surface area contributed by atoms with Crippen LogP contribution in [0.2, 0.25) is 0 Å². The molecule has 1 radical (unpaired) electrons. The predicted molar refractivity (Wildman–Crippen MR) is 88.4 cm³/mol. The number of benzene rings is 2. The standard InChI is InChI=1S/C14H12BBr2O4/c1-18-11-5-3-9(16)7-13(11)20-15-21-14-8-10(17)4-6-12(14)19-2/h3-8H,1-2H3. The van der Waals surface area contributed by atoms with E-state index in [9.17, 15) is 0 Å². The highest BCUT2D eigenvalue weighted by atomic mass is 79.9. The Balaban J connectivity index is 2.05. The van der Waals surface area contributed by atoms with Crippen LogP contribution in [0.25, 0.3) is 0 Å². The summed E-state index contributed by atoms with van der Waals surface area (Å²) in [5, 5.41) is 0. The quantitative estimate of drug-likeness (QED) is 0.663. The fourth-order valence-electron chi connectivity index (χ4n) is 1.61. The maximum atomic E-state index is 5.48. The number of ether oxygens (including phenoxy) is 2. The van der Waals surface area contributed by atoms with Gasteiger partial charge in [-0.25, -0.2) is 0 Å². The molecule has 0 bridgehead atoms. The van der Waals surface area contributed by atoms with Crippen LogP contribution >= 0.6 is 31.9 Å². The normalized spacial score (nSPS) is 9.90. The Morgan fingerprint density at radius 3 is 1.52 bits per heavy atom. The molecule has 0 N–H and O–H groups in total. The van der Waals surface area contributed by atoms with Crippen LogP contribution in [-0.2, 0) is 0 Å². The first-order valence-electron chi connectivity index (χ1n) is 5.96. The molecule has 0 aromatic heterocycles. The van der Waals surface area contributed by atoms with Crippen molar-refractivity contribution in [2.45, 2.75) is 0 Å². The van der Waals surface area contributed by atoms with Gasteiger partial charge in [-0.15, -0.1) is 0 Å². The fourth-order valence-corrected chi connectivity index (χ4v) is 2.29. The maximum Gasteiger partial charge on any atom is 0.658 e. The lowest BCUT2D eigenvalue weighted by atomic mass is 10.2. The van der Waals surface area contributed by atoms with Crippen LogP contribution in [0.1, 0.15) is 0 Å². The first-order valence-corrected chi connectivity index (χ1v) is 7.54. The minimum absolute atomic E-state index is 0.542. The zero-order valence-electron chi connectivity index (χ0n) is 11.4. The summed E-state index contributed by atoms with van der Waals surface area (Å²) in [6, 6.07) is 10.9. The van der Waals surface area contributed by atoms with E-state index in [1.165, 1.54) is 7.69 Å². The summed E-state index contributed by atoms with van der Waals surface area (Å²) in [5.74, 6) is 2.31. The van der Waals surface area contributed by atoms with Gasteiger partial charge in [0.05, 0.1) is 14.2 Å². The molecule has 21 heavy (non-hydrogen) atoms. The van der Waals surface area contributed by atoms with Crippen molar-refractivity contribution in [3.8, 4) is 23.0 Å². The number of rotatable bonds is 6. The van der Waals surface area contributed by atoms with Gasteiger partial charge in [-0.3, -0.25) is 0 Å². The minimum atomic E-state index is 0.542. The van der Waals surface area contributed by atoms with Crippen molar-refractivity contribution < 1.29 is 18.8 Å². The Kier molecular flexibility index (Phi) is 5.81. The maximum absolute atomic E-state index is 5.48. The third-order valence-electron chi connectivity index (χ3n) is 2.60. The Morgan fingerprint density at radius 2 is 1.14 bits per heavy atom. The van der Waals surface area contributed by atoms with E-state index < -0.39 is 0 Å². The second kappa shape index (κ2) is 7.61. The molecule has 0 amide bonds. The van der Waals surface area contributed by atoms with Crippen LogP contribution in [0.4, 0.5) is 0 Å². The third-order valence-corrected chi connectivity index (χ3v) is 3.59. The lowest BCUT2D eigenvalue weighted by molar-refractivity contribution is 0.370. The average Bonchev–Trinajstić information content (AvgIpc) is 2.48. The molecule has 0 aliphatic rings. The van der Waals surface area contributed by atoms with Crippen LogP contribution < -0.4 is 18.8 Å². The van der Waals surface area contributed by atoms with Gasteiger partial charge >= 0.3 is 7.69 Å². The SMILES string of the molecule is COc1ccc(Br)cc1O[B]Oc1cc(Br)ccc1OC. The molecule has 2 rings (SSSR count). The van der Waals surface area contributed by atoms with Gasteiger partial charge < -0.3 is 18.8 Å². The molecule has 2 aromatic carbocycles. The van der Waals surface area contributed by atoms with E-state index in [-0.39, 0.29) is 0 Å². The van der Waals surface area contributed by atoms with Crippen LogP contribution in [0, 0.1) is 0 Å². The van der Waals surface area contributed by atoms with Crippen molar-refractivity contribution in [3.05, 3.63) is 45.3 Å². The molecule has 0 unspecified atom stereocenters. The van der Waals surface area contributed by atoms with Crippen molar-refractivity contribution >= 4 is 39.5 Å². The molecular weight excluding hydrogens is 403 g/mol. The van der Waals surface area contributed by atoms with E-state index in [1.807, 2.05) is 12.1 Å². The van der Waals surface area contributed by atoms with Crippen molar-refractivity contribution in [2.75, 3.05) is 14.2 Å². The summed E-state index contributed by atoms with van der Waals surface area (Å²) in [6.45, 7) is 0. The number of hydrogen-bond donors (Lipinski definition) is 0. The van der Waals surface area contributed by atoms with Gasteiger partial charge in [0.1, 0.15) is 11.5 Å². The Morgan fingerprint density at radius 1 is 0.714 bits per heavy atom. The third kappa shape index (κ3) is 4.31. The van der Waals surface area contributed by atoms with Crippen molar-refractivity contribution in [2.24, 2.45) is 0 Å². The largest absolute Gasteiger partial charge is 0.658 e. The Bertz CT molecular complexity index is 568. The summed E-state index contributed by atoms with van der Waals surface area (Å²) in [7, 11) is 4.39. The van der Waals surface area contributed by atoms with E-state index >= 15 is 0 Å². The zero-order chi connectivity index (χ0) is 15.2. The Hall–Kier alpha value is -1.34. The highest BCUT2D eigenvalue weighted by Gasteiger charge is 2.11. The molecule has 0 fully saturated rings. The molecule has 2 aromatic rings. The summed E-state index contributed by atoms with van der Waals surface area (Å²) >= 11 is 6.76. The van der Waals surface area contributed by atoms with Crippen molar-refractivity contribution in [1.29, 1.82) is 0 Å². The highest BCUT2D eigenvalue weighted by Crippen LogP contribution is 2.32. The monoisotopic (exact) mass is 413 g/mol. The molecule has 0 aliphatic heterocycles. The second-order valence-corrected chi connectivity index (χ2v) is 5.75. The minimum Gasteiger partial charge on any atom is -0.524 e. The second-order valence-electron chi connectivity index (χ2n) is 3.92. The van der Waals surface area contributed by atoms with E-state index in [1.54, 1.807) is 38.5 Å². The van der Waals surface area contributed by atoms with Crippen molar-refractivity contribution in [1.82, 2.24) is 0 Å². The molecule has 7 heteroatoms. The van der Waals surface area contributed by atoms with Gasteiger partial charge in [0, 0.05) is 8.95 Å². The number of hydrogen-bond acceptors (Lipinski definition) is 4. The number of methoxy groups -OCH3 is 2. The molecule has 0 saturated carbocycles. The topological polar surface area (TPSA) is 36.9 Å². The fraction of sp³-hybridized carbons (Fsp3) is 0.143. The van der Waals surface area contributed by atoms with Gasteiger partial charge in [-0.2, -0.15) is 0 Å². The van der Waals surface area contributed by atoms with Crippen LogP contribution in [0.15, 0.2) is 45.3 Å². The summed E-state index contributed by atoms with van der Waals surface area (Å²) in [4.78, 5) is 0. The van der Waals surface area contributed by atoms with Gasteiger partial charge in [-0.1, -0.05) is 31.9 Å². The first kappa shape index (κ1) is 16.0. The van der Waals surface area contributed by atoms with E-state index in [4.69, 9.17) is 18.8 Å². The lowest BCUT2D eigenvalue weighted by Gasteiger charge is -2.12. The van der Waals surface area contributed by atoms with Crippen LogP contribution in [0.3, 0.4) is 0 Å². The molecule has 0 atom stereocenters. The van der Waals surface area contributed by atoms with Gasteiger partial charge in [0.25, 0.3) is 0 Å². The first-order chi connectivity index (χ1) is 10.1. The highest BCUT2D eigenvalue weighted by molar-refractivity contribution is 9.10. The molecule has 109 valence electrons. The molecule has 0 saturated heterocycles. The van der Waals surface area contributed by atoms with Gasteiger partial charge in [0.15, 0.2) is 11.5 Å². The van der Waals surface area contributed by atoms with Gasteiger partial charge in [-0.05, 0) is 36.4 Å². The van der Waals surface area contributed by atoms with Crippen LogP contribution in [-0.4, -0.2) is 21.9 Å². The smallest absolute Gasteiger partial charge is 0.524 e. The predicted octanol–water partition coefficient (Wildman–Crippen LogP) is 4.22. The van der Waals surface area contributed by atoms with E-state index in [0.29, 0.717) is 23.0 Å². The molecular formula is C14H12BBr2O4. The average molecular weight is 415 g/mol. The molecule has 0 aliphatic carbocycles. The van der Waals surface area contributed by atoms with E-state index in [2.05, 4.69) is 31.9 Å². The van der Waals surface area contributed by atoms with Gasteiger partial charge in [0.2, 0.25) is 0 Å². The summed E-state index contributed by atoms with van der Waals surface area (Å²) in [5.41, 5.74) is 0. The number of halogens is 2. The van der Waals surface area contributed by atoms with Crippen LogP contribution in [0.5, 0.6) is 23.0 Å². The molecule has 0 heterocycles. The van der Waals surface area contributed by atoms with Crippen molar-refractivity contribution in [3.63, 3.8) is 0 Å². The Labute approximate surface area is 140 Å². The summed E-state index contributed by atoms with van der Waals surface area (Å²) in [6.07, 6.45) is 0.